The maximum absolute atomic E-state index is 11.5. The van der Waals surface area contributed by atoms with Crippen molar-refractivity contribution in [1.82, 2.24) is 4.98 Å². The first-order chi connectivity index (χ1) is 9.52. The minimum absolute atomic E-state index is 0.209. The second-order valence-electron chi connectivity index (χ2n) is 4.81. The van der Waals surface area contributed by atoms with Crippen LogP contribution in [0.5, 0.6) is 0 Å². The Morgan fingerprint density at radius 3 is 2.65 bits per heavy atom. The van der Waals surface area contributed by atoms with Crippen LogP contribution >= 0.6 is 0 Å². The lowest BCUT2D eigenvalue weighted by Gasteiger charge is -2.13. The Balaban J connectivity index is 2.53. The van der Waals surface area contributed by atoms with Gasteiger partial charge in [-0.25, -0.2) is 0 Å². The fourth-order valence-corrected chi connectivity index (χ4v) is 2.12. The van der Waals surface area contributed by atoms with Crippen LogP contribution in [-0.2, 0) is 16.0 Å². The highest BCUT2D eigenvalue weighted by Crippen LogP contribution is 2.31. The van der Waals surface area contributed by atoms with Gasteiger partial charge in [-0.1, -0.05) is 0 Å². The van der Waals surface area contributed by atoms with Gasteiger partial charge in [-0.15, -0.1) is 0 Å². The maximum Gasteiger partial charge on any atom is 0.310 e. The molecule has 0 bridgehead atoms. The minimum atomic E-state index is -0.278. The normalized spacial score (nSPS) is 10.3. The van der Waals surface area contributed by atoms with Crippen LogP contribution in [0.25, 0.3) is 11.1 Å². The highest BCUT2D eigenvalue weighted by Gasteiger charge is 2.13. The molecule has 0 atom stereocenters. The van der Waals surface area contributed by atoms with Crippen LogP contribution in [0.3, 0.4) is 0 Å². The number of methoxy groups -OCH3 is 1. The molecule has 2 N–H and O–H groups in total. The SMILES string of the molecule is COC(=O)Cc1ccncc1-c1cc(C)c(C)cc1N. The number of carbonyl (C=O) groups is 1. The van der Waals surface area contributed by atoms with Crippen LogP contribution in [0, 0.1) is 13.8 Å². The standard InChI is InChI=1S/C16H18N2O2/c1-10-6-13(15(17)7-11(10)2)14-9-18-5-4-12(14)8-16(19)20-3/h4-7,9H,8,17H2,1-3H3. The summed E-state index contributed by atoms with van der Waals surface area (Å²) < 4.78 is 4.73. The summed E-state index contributed by atoms with van der Waals surface area (Å²) in [5, 5.41) is 0. The van der Waals surface area contributed by atoms with Crippen LogP contribution in [0.2, 0.25) is 0 Å². The number of nitrogens with zero attached hydrogens (tertiary/aromatic N) is 1. The molecule has 0 unspecified atom stereocenters. The molecule has 0 spiro atoms. The number of ether oxygens (including phenoxy) is 1. The van der Waals surface area contributed by atoms with E-state index in [1.165, 1.54) is 7.11 Å². The van der Waals surface area contributed by atoms with Crippen molar-refractivity contribution in [3.8, 4) is 11.1 Å². The fourth-order valence-electron chi connectivity index (χ4n) is 2.12. The van der Waals surface area contributed by atoms with E-state index in [1.807, 2.05) is 32.0 Å². The number of esters is 1. The number of aromatic nitrogens is 1. The zero-order valence-electron chi connectivity index (χ0n) is 11.9. The number of hydrogen-bond donors (Lipinski definition) is 1. The van der Waals surface area contributed by atoms with E-state index < -0.39 is 0 Å². The van der Waals surface area contributed by atoms with Crippen molar-refractivity contribution < 1.29 is 9.53 Å². The van der Waals surface area contributed by atoms with E-state index in [4.69, 9.17) is 10.5 Å². The van der Waals surface area contributed by atoms with Gasteiger partial charge in [0, 0.05) is 29.2 Å². The molecule has 4 nitrogen and oxygen atoms in total. The summed E-state index contributed by atoms with van der Waals surface area (Å²) in [7, 11) is 1.38. The number of nitrogen functional groups attached to an aromatic ring is 1. The third-order valence-electron chi connectivity index (χ3n) is 3.43. The third-order valence-corrected chi connectivity index (χ3v) is 3.43. The molecular formula is C16H18N2O2. The van der Waals surface area contributed by atoms with Crippen molar-refractivity contribution in [2.75, 3.05) is 12.8 Å². The molecule has 0 saturated carbocycles. The summed E-state index contributed by atoms with van der Waals surface area (Å²) in [5.74, 6) is -0.278. The van der Waals surface area contributed by atoms with E-state index in [0.29, 0.717) is 5.69 Å². The molecule has 0 radical (unpaired) electrons. The number of hydrogen-bond acceptors (Lipinski definition) is 4. The second-order valence-corrected chi connectivity index (χ2v) is 4.81. The first-order valence-electron chi connectivity index (χ1n) is 6.39. The van der Waals surface area contributed by atoms with Crippen molar-refractivity contribution in [3.63, 3.8) is 0 Å². The van der Waals surface area contributed by atoms with E-state index in [2.05, 4.69) is 4.98 Å². The number of rotatable bonds is 3. The molecule has 0 aliphatic heterocycles. The van der Waals surface area contributed by atoms with Gasteiger partial charge in [-0.05, 0) is 48.7 Å². The highest BCUT2D eigenvalue weighted by atomic mass is 16.5. The van der Waals surface area contributed by atoms with Crippen LogP contribution < -0.4 is 5.73 Å². The van der Waals surface area contributed by atoms with Gasteiger partial charge in [0.25, 0.3) is 0 Å². The third kappa shape index (κ3) is 2.79. The Morgan fingerprint density at radius 2 is 1.95 bits per heavy atom. The fraction of sp³-hybridized carbons (Fsp3) is 0.250. The van der Waals surface area contributed by atoms with Gasteiger partial charge in [-0.3, -0.25) is 9.78 Å². The summed E-state index contributed by atoms with van der Waals surface area (Å²) in [5.41, 5.74) is 11.7. The van der Waals surface area contributed by atoms with Crippen LogP contribution in [-0.4, -0.2) is 18.1 Å². The van der Waals surface area contributed by atoms with Gasteiger partial charge >= 0.3 is 5.97 Å². The lowest BCUT2D eigenvalue weighted by Crippen LogP contribution is -2.06. The second kappa shape index (κ2) is 5.74. The van der Waals surface area contributed by atoms with E-state index in [0.717, 1.165) is 27.8 Å². The molecule has 104 valence electrons. The molecule has 2 aromatic rings. The van der Waals surface area contributed by atoms with E-state index in [1.54, 1.807) is 12.4 Å². The summed E-state index contributed by atoms with van der Waals surface area (Å²) in [4.78, 5) is 15.6. The molecule has 0 aliphatic carbocycles. The minimum Gasteiger partial charge on any atom is -0.469 e. The van der Waals surface area contributed by atoms with Crippen molar-refractivity contribution in [2.24, 2.45) is 0 Å². The zero-order chi connectivity index (χ0) is 14.7. The van der Waals surface area contributed by atoms with E-state index in [9.17, 15) is 4.79 Å². The Morgan fingerprint density at radius 1 is 1.25 bits per heavy atom. The van der Waals surface area contributed by atoms with Gasteiger partial charge in [0.2, 0.25) is 0 Å². The molecule has 0 aliphatic rings. The van der Waals surface area contributed by atoms with Gasteiger partial charge < -0.3 is 10.5 Å². The topological polar surface area (TPSA) is 65.2 Å². The van der Waals surface area contributed by atoms with Crippen LogP contribution in [0.15, 0.2) is 30.6 Å². The summed E-state index contributed by atoms with van der Waals surface area (Å²) in [6.07, 6.45) is 3.61. The predicted molar refractivity (Wildman–Crippen MR) is 79.3 cm³/mol. The molecule has 1 aromatic heterocycles. The largest absolute Gasteiger partial charge is 0.469 e. The van der Waals surface area contributed by atoms with Gasteiger partial charge in [0.15, 0.2) is 0 Å². The van der Waals surface area contributed by atoms with Crippen molar-refractivity contribution in [3.05, 3.63) is 47.3 Å². The Hall–Kier alpha value is -2.36. The number of anilines is 1. The van der Waals surface area contributed by atoms with E-state index >= 15 is 0 Å². The molecule has 1 heterocycles. The van der Waals surface area contributed by atoms with Crippen LogP contribution in [0.4, 0.5) is 5.69 Å². The number of pyridine rings is 1. The Bertz CT molecular complexity index is 651. The zero-order valence-corrected chi connectivity index (χ0v) is 11.9. The number of benzene rings is 1. The summed E-state index contributed by atoms with van der Waals surface area (Å²) >= 11 is 0. The highest BCUT2D eigenvalue weighted by molar-refractivity contribution is 5.83. The first kappa shape index (κ1) is 14.1. The predicted octanol–water partition coefficient (Wildman–Crippen LogP) is 2.66. The monoisotopic (exact) mass is 270 g/mol. The van der Waals surface area contributed by atoms with Crippen molar-refractivity contribution in [2.45, 2.75) is 20.3 Å². The van der Waals surface area contributed by atoms with Gasteiger partial charge in [0.05, 0.1) is 13.5 Å². The average Bonchev–Trinajstić information content (AvgIpc) is 2.43. The number of aryl methyl sites for hydroxylation is 2. The smallest absolute Gasteiger partial charge is 0.310 e. The first-order valence-corrected chi connectivity index (χ1v) is 6.39. The molecule has 0 saturated heterocycles. The van der Waals surface area contributed by atoms with E-state index in [-0.39, 0.29) is 12.4 Å². The van der Waals surface area contributed by atoms with Gasteiger partial charge in [0.1, 0.15) is 0 Å². The molecule has 1 aromatic carbocycles. The van der Waals surface area contributed by atoms with Gasteiger partial charge in [-0.2, -0.15) is 0 Å². The number of carbonyl (C=O) groups excluding carboxylic acids is 1. The lowest BCUT2D eigenvalue weighted by atomic mass is 9.95. The molecule has 4 heteroatoms. The quantitative estimate of drug-likeness (QED) is 0.688. The molecule has 2 rings (SSSR count). The maximum atomic E-state index is 11.5. The molecule has 0 amide bonds. The molecule has 20 heavy (non-hydrogen) atoms. The summed E-state index contributed by atoms with van der Waals surface area (Å²) in [6, 6.07) is 5.79. The Labute approximate surface area is 118 Å². The average molecular weight is 270 g/mol. The lowest BCUT2D eigenvalue weighted by molar-refractivity contribution is -0.139. The molecule has 0 fully saturated rings. The summed E-state index contributed by atoms with van der Waals surface area (Å²) in [6.45, 7) is 4.06. The van der Waals surface area contributed by atoms with Crippen molar-refractivity contribution in [1.29, 1.82) is 0 Å². The molecular weight excluding hydrogens is 252 g/mol. The van der Waals surface area contributed by atoms with Crippen molar-refractivity contribution >= 4 is 11.7 Å². The van der Waals surface area contributed by atoms with Crippen LogP contribution in [0.1, 0.15) is 16.7 Å². The Kier molecular flexibility index (Phi) is 4.03. The number of nitrogens with two attached hydrogens (primary N) is 1.